The molecule has 2 rings (SSSR count). The molecule has 0 aliphatic heterocycles. The minimum Gasteiger partial charge on any atom is -0.495 e. The number of ether oxygens (including phenoxy) is 1. The third-order valence-corrected chi connectivity index (χ3v) is 3.47. The van der Waals surface area contributed by atoms with Crippen LogP contribution >= 0.6 is 15.9 Å². The van der Waals surface area contributed by atoms with E-state index in [-0.39, 0.29) is 5.78 Å². The molecule has 20 heavy (non-hydrogen) atoms. The van der Waals surface area contributed by atoms with E-state index in [1.165, 1.54) is 0 Å². The molecular formula is C16H16BrNO2. The average molecular weight is 334 g/mol. The number of rotatable bonds is 6. The predicted molar refractivity (Wildman–Crippen MR) is 84.6 cm³/mol. The summed E-state index contributed by atoms with van der Waals surface area (Å²) >= 11 is 3.36. The molecule has 0 bridgehead atoms. The number of anilines is 1. The first kappa shape index (κ1) is 14.6. The van der Waals surface area contributed by atoms with Gasteiger partial charge in [-0.1, -0.05) is 40.2 Å². The summed E-state index contributed by atoms with van der Waals surface area (Å²) in [5.41, 5.74) is 1.63. The van der Waals surface area contributed by atoms with Gasteiger partial charge < -0.3 is 10.1 Å². The molecule has 2 aromatic carbocycles. The van der Waals surface area contributed by atoms with E-state index >= 15 is 0 Å². The number of benzene rings is 2. The van der Waals surface area contributed by atoms with Crippen molar-refractivity contribution in [3.63, 3.8) is 0 Å². The molecule has 0 fully saturated rings. The minimum absolute atomic E-state index is 0.125. The van der Waals surface area contributed by atoms with Gasteiger partial charge >= 0.3 is 0 Å². The van der Waals surface area contributed by atoms with Crippen LogP contribution in [0.25, 0.3) is 0 Å². The fourth-order valence-corrected chi connectivity index (χ4v) is 2.15. The van der Waals surface area contributed by atoms with Gasteiger partial charge in [-0.2, -0.15) is 0 Å². The Morgan fingerprint density at radius 1 is 1.15 bits per heavy atom. The van der Waals surface area contributed by atoms with Crippen molar-refractivity contribution < 1.29 is 9.53 Å². The Bertz CT molecular complexity index is 581. The summed E-state index contributed by atoms with van der Waals surface area (Å²) in [6, 6.07) is 15.1. The summed E-state index contributed by atoms with van der Waals surface area (Å²) in [6.07, 6.45) is 0.444. The number of carbonyl (C=O) groups excluding carboxylic acids is 1. The summed E-state index contributed by atoms with van der Waals surface area (Å²) in [5, 5.41) is 3.22. The number of carbonyl (C=O) groups is 1. The number of nitrogens with one attached hydrogen (secondary N) is 1. The number of methoxy groups -OCH3 is 1. The van der Waals surface area contributed by atoms with Crippen LogP contribution in [0.5, 0.6) is 5.75 Å². The van der Waals surface area contributed by atoms with Gasteiger partial charge in [0.2, 0.25) is 0 Å². The molecule has 0 aliphatic rings. The van der Waals surface area contributed by atoms with Gasteiger partial charge in [-0.3, -0.25) is 4.79 Å². The fourth-order valence-electron chi connectivity index (χ4n) is 1.88. The second kappa shape index (κ2) is 7.10. The van der Waals surface area contributed by atoms with Crippen molar-refractivity contribution in [3.8, 4) is 5.75 Å². The molecule has 1 N–H and O–H groups in total. The van der Waals surface area contributed by atoms with E-state index in [2.05, 4.69) is 21.2 Å². The third-order valence-electron chi connectivity index (χ3n) is 2.94. The van der Waals surface area contributed by atoms with Gasteiger partial charge in [-0.25, -0.2) is 0 Å². The van der Waals surface area contributed by atoms with Gasteiger partial charge in [0.1, 0.15) is 5.75 Å². The molecule has 0 spiro atoms. The average Bonchev–Trinajstić information content (AvgIpc) is 2.48. The van der Waals surface area contributed by atoms with Gasteiger partial charge in [-0.15, -0.1) is 0 Å². The van der Waals surface area contributed by atoms with E-state index in [4.69, 9.17) is 4.74 Å². The van der Waals surface area contributed by atoms with Crippen molar-refractivity contribution in [3.05, 3.63) is 58.6 Å². The predicted octanol–water partition coefficient (Wildman–Crippen LogP) is 4.14. The molecule has 0 amide bonds. The third kappa shape index (κ3) is 3.84. The smallest absolute Gasteiger partial charge is 0.164 e. The van der Waals surface area contributed by atoms with E-state index in [9.17, 15) is 4.79 Å². The van der Waals surface area contributed by atoms with Gasteiger partial charge in [0.05, 0.1) is 12.8 Å². The van der Waals surface area contributed by atoms with Gasteiger partial charge in [-0.05, 0) is 24.3 Å². The molecule has 2 aromatic rings. The van der Waals surface area contributed by atoms with Crippen molar-refractivity contribution >= 4 is 27.4 Å². The monoisotopic (exact) mass is 333 g/mol. The normalized spacial score (nSPS) is 10.1. The maximum atomic E-state index is 12.0. The van der Waals surface area contributed by atoms with Gasteiger partial charge in [0.15, 0.2) is 5.78 Å². The molecule has 0 atom stereocenters. The van der Waals surface area contributed by atoms with Crippen molar-refractivity contribution in [1.82, 2.24) is 0 Å². The van der Waals surface area contributed by atoms with E-state index < -0.39 is 0 Å². The highest BCUT2D eigenvalue weighted by atomic mass is 79.9. The number of para-hydroxylation sites is 2. The largest absolute Gasteiger partial charge is 0.495 e. The maximum absolute atomic E-state index is 12.0. The van der Waals surface area contributed by atoms with Crippen LogP contribution < -0.4 is 10.1 Å². The highest BCUT2D eigenvalue weighted by Gasteiger charge is 2.06. The highest BCUT2D eigenvalue weighted by Crippen LogP contribution is 2.22. The van der Waals surface area contributed by atoms with E-state index in [0.29, 0.717) is 13.0 Å². The lowest BCUT2D eigenvalue weighted by molar-refractivity contribution is 0.0986. The van der Waals surface area contributed by atoms with Crippen LogP contribution in [-0.4, -0.2) is 19.4 Å². The molecular weight excluding hydrogens is 318 g/mol. The standard InChI is InChI=1S/C16H16BrNO2/c1-20-16-5-3-2-4-14(16)18-11-10-15(19)12-6-8-13(17)9-7-12/h2-9,18H,10-11H2,1H3. The van der Waals surface area contributed by atoms with Crippen molar-refractivity contribution in [2.75, 3.05) is 19.0 Å². The van der Waals surface area contributed by atoms with Crippen LogP contribution in [-0.2, 0) is 0 Å². The topological polar surface area (TPSA) is 38.3 Å². The lowest BCUT2D eigenvalue weighted by atomic mass is 10.1. The lowest BCUT2D eigenvalue weighted by Gasteiger charge is -2.10. The van der Waals surface area contributed by atoms with Crippen molar-refractivity contribution in [2.45, 2.75) is 6.42 Å². The van der Waals surface area contributed by atoms with E-state index in [0.717, 1.165) is 21.5 Å². The van der Waals surface area contributed by atoms with Gasteiger partial charge in [0, 0.05) is 23.0 Å². The Kier molecular flexibility index (Phi) is 5.18. The second-order valence-corrected chi connectivity index (χ2v) is 5.22. The van der Waals surface area contributed by atoms with E-state index in [1.54, 1.807) is 7.11 Å². The van der Waals surface area contributed by atoms with Gasteiger partial charge in [0.25, 0.3) is 0 Å². The van der Waals surface area contributed by atoms with Crippen LogP contribution in [0.15, 0.2) is 53.0 Å². The summed E-state index contributed by atoms with van der Waals surface area (Å²) in [7, 11) is 1.63. The first-order valence-electron chi connectivity index (χ1n) is 6.36. The Hall–Kier alpha value is -1.81. The molecule has 104 valence electrons. The number of Topliss-reactive ketones (excluding diaryl/α,β-unsaturated/α-hetero) is 1. The lowest BCUT2D eigenvalue weighted by Crippen LogP contribution is -2.09. The number of hydrogen-bond donors (Lipinski definition) is 1. The minimum atomic E-state index is 0.125. The molecule has 0 unspecified atom stereocenters. The fraction of sp³-hybridized carbons (Fsp3) is 0.188. The molecule has 0 aliphatic carbocycles. The molecule has 0 saturated heterocycles. The molecule has 0 saturated carbocycles. The molecule has 3 nitrogen and oxygen atoms in total. The maximum Gasteiger partial charge on any atom is 0.164 e. The zero-order valence-corrected chi connectivity index (χ0v) is 12.8. The molecule has 0 radical (unpaired) electrons. The summed E-state index contributed by atoms with van der Waals surface area (Å²) in [4.78, 5) is 12.0. The van der Waals surface area contributed by atoms with Crippen LogP contribution in [0, 0.1) is 0 Å². The van der Waals surface area contributed by atoms with Crippen LogP contribution in [0.1, 0.15) is 16.8 Å². The Balaban J connectivity index is 1.89. The summed E-state index contributed by atoms with van der Waals surface area (Å²) in [6.45, 7) is 0.579. The number of ketones is 1. The molecule has 0 heterocycles. The quantitative estimate of drug-likeness (QED) is 0.807. The zero-order chi connectivity index (χ0) is 14.4. The number of halogens is 1. The highest BCUT2D eigenvalue weighted by molar-refractivity contribution is 9.10. The number of hydrogen-bond acceptors (Lipinski definition) is 3. The van der Waals surface area contributed by atoms with E-state index in [1.807, 2.05) is 48.5 Å². The summed E-state index contributed by atoms with van der Waals surface area (Å²) < 4.78 is 6.22. The van der Waals surface area contributed by atoms with Crippen molar-refractivity contribution in [2.24, 2.45) is 0 Å². The Labute approximate surface area is 127 Å². The second-order valence-electron chi connectivity index (χ2n) is 4.31. The first-order chi connectivity index (χ1) is 9.70. The van der Waals surface area contributed by atoms with Crippen LogP contribution in [0.2, 0.25) is 0 Å². The molecule has 0 aromatic heterocycles. The van der Waals surface area contributed by atoms with Crippen LogP contribution in [0.3, 0.4) is 0 Å². The summed E-state index contributed by atoms with van der Waals surface area (Å²) in [5.74, 6) is 0.906. The Morgan fingerprint density at radius 3 is 2.55 bits per heavy atom. The Morgan fingerprint density at radius 2 is 1.85 bits per heavy atom. The molecule has 4 heteroatoms. The van der Waals surface area contributed by atoms with Crippen molar-refractivity contribution in [1.29, 1.82) is 0 Å². The van der Waals surface area contributed by atoms with Crippen LogP contribution in [0.4, 0.5) is 5.69 Å². The zero-order valence-electron chi connectivity index (χ0n) is 11.2. The first-order valence-corrected chi connectivity index (χ1v) is 7.15. The SMILES string of the molecule is COc1ccccc1NCCC(=O)c1ccc(Br)cc1.